The van der Waals surface area contributed by atoms with Gasteiger partial charge in [0.25, 0.3) is 17.5 Å². The number of carbonyl (C=O) groups is 2. The minimum atomic E-state index is -0.585. The van der Waals surface area contributed by atoms with Gasteiger partial charge in [-0.25, -0.2) is 0 Å². The number of nitro groups is 1. The van der Waals surface area contributed by atoms with Crippen molar-refractivity contribution < 1.29 is 19.2 Å². The third-order valence-corrected chi connectivity index (χ3v) is 5.30. The largest absolute Gasteiger partial charge is 0.497 e. The van der Waals surface area contributed by atoms with Crippen molar-refractivity contribution >= 4 is 45.2 Å². The lowest BCUT2D eigenvalue weighted by molar-refractivity contribution is -0.384. The molecule has 0 spiro atoms. The Labute approximate surface area is 198 Å². The molecule has 0 heterocycles. The molecule has 168 valence electrons. The van der Waals surface area contributed by atoms with Crippen LogP contribution >= 0.6 is 15.9 Å². The van der Waals surface area contributed by atoms with Gasteiger partial charge < -0.3 is 15.4 Å². The summed E-state index contributed by atoms with van der Waals surface area (Å²) in [5.41, 5.74) is 1.97. The summed E-state index contributed by atoms with van der Waals surface area (Å²) in [7, 11) is 1.48. The Morgan fingerprint density at radius 3 is 2.45 bits per heavy atom. The molecule has 3 rings (SSSR count). The average molecular weight is 510 g/mol. The maximum absolute atomic E-state index is 13.0. The minimum Gasteiger partial charge on any atom is -0.497 e. The lowest BCUT2D eigenvalue weighted by atomic mass is 10.1. The number of benzene rings is 3. The van der Waals surface area contributed by atoms with Crippen LogP contribution in [0.5, 0.6) is 5.75 Å². The van der Waals surface area contributed by atoms with Crippen molar-refractivity contribution in [2.75, 3.05) is 12.4 Å². The van der Waals surface area contributed by atoms with Gasteiger partial charge in [0.1, 0.15) is 11.4 Å². The van der Waals surface area contributed by atoms with Gasteiger partial charge in [0, 0.05) is 22.3 Å². The molecule has 33 heavy (non-hydrogen) atoms. The minimum absolute atomic E-state index is 0.0872. The molecule has 0 atom stereocenters. The number of non-ortho nitro benzene ring substituents is 1. The number of nitro benzene ring substituents is 1. The fourth-order valence-corrected chi connectivity index (χ4v) is 3.31. The van der Waals surface area contributed by atoms with E-state index >= 15 is 0 Å². The van der Waals surface area contributed by atoms with Crippen molar-refractivity contribution in [3.63, 3.8) is 0 Å². The van der Waals surface area contributed by atoms with E-state index in [2.05, 4.69) is 26.6 Å². The quantitative estimate of drug-likeness (QED) is 0.262. The van der Waals surface area contributed by atoms with Gasteiger partial charge in [-0.3, -0.25) is 19.7 Å². The molecule has 0 aliphatic carbocycles. The molecule has 9 heteroatoms. The van der Waals surface area contributed by atoms with Crippen LogP contribution in [-0.4, -0.2) is 23.8 Å². The van der Waals surface area contributed by atoms with Crippen molar-refractivity contribution in [1.29, 1.82) is 0 Å². The number of ether oxygens (including phenoxy) is 1. The van der Waals surface area contributed by atoms with Gasteiger partial charge in [-0.05, 0) is 64.8 Å². The summed E-state index contributed by atoms with van der Waals surface area (Å²) in [5, 5.41) is 16.5. The maximum atomic E-state index is 13.0. The molecule has 0 aliphatic heterocycles. The fourth-order valence-electron chi connectivity index (χ4n) is 2.88. The first-order chi connectivity index (χ1) is 15.8. The Kier molecular flexibility index (Phi) is 7.57. The summed E-state index contributed by atoms with van der Waals surface area (Å²) in [6.07, 6.45) is 1.38. The first-order valence-electron chi connectivity index (χ1n) is 9.76. The van der Waals surface area contributed by atoms with Crippen LogP contribution in [0.1, 0.15) is 21.5 Å². The number of rotatable bonds is 7. The highest BCUT2D eigenvalue weighted by atomic mass is 79.9. The van der Waals surface area contributed by atoms with Crippen LogP contribution in [0.15, 0.2) is 76.9 Å². The monoisotopic (exact) mass is 509 g/mol. The Hall–Kier alpha value is -3.98. The molecule has 0 aromatic heterocycles. The molecule has 2 amide bonds. The van der Waals surface area contributed by atoms with Crippen molar-refractivity contribution in [1.82, 2.24) is 5.32 Å². The summed E-state index contributed by atoms with van der Waals surface area (Å²) in [6, 6.07) is 17.8. The average Bonchev–Trinajstić information content (AvgIpc) is 2.80. The lowest BCUT2D eigenvalue weighted by Crippen LogP contribution is -2.31. The smallest absolute Gasteiger partial charge is 0.272 e. The van der Waals surface area contributed by atoms with Crippen LogP contribution < -0.4 is 15.4 Å². The number of anilines is 1. The zero-order valence-corrected chi connectivity index (χ0v) is 19.4. The second kappa shape index (κ2) is 10.6. The molecule has 0 unspecified atom stereocenters. The number of nitrogens with zero attached hydrogens (tertiary/aromatic N) is 1. The van der Waals surface area contributed by atoms with Crippen molar-refractivity contribution in [3.05, 3.63) is 104 Å². The Morgan fingerprint density at radius 1 is 1.06 bits per heavy atom. The normalized spacial score (nSPS) is 10.9. The van der Waals surface area contributed by atoms with E-state index in [4.69, 9.17) is 4.74 Å². The summed E-state index contributed by atoms with van der Waals surface area (Å²) >= 11 is 3.33. The molecular formula is C24H20BrN3O5. The zero-order valence-electron chi connectivity index (χ0n) is 17.8. The first-order valence-corrected chi connectivity index (χ1v) is 10.5. The summed E-state index contributed by atoms with van der Waals surface area (Å²) in [5.74, 6) is -0.675. The molecule has 8 nitrogen and oxygen atoms in total. The Bertz CT molecular complexity index is 1240. The van der Waals surface area contributed by atoms with Gasteiger partial charge in [0.15, 0.2) is 0 Å². The van der Waals surface area contributed by atoms with Gasteiger partial charge in [0.2, 0.25) is 0 Å². The lowest BCUT2D eigenvalue weighted by Gasteiger charge is -2.13. The number of aryl methyl sites for hydroxylation is 1. The van der Waals surface area contributed by atoms with Crippen LogP contribution in [0, 0.1) is 17.0 Å². The zero-order chi connectivity index (χ0) is 24.0. The number of hydrogen-bond donors (Lipinski definition) is 2. The van der Waals surface area contributed by atoms with E-state index in [0.29, 0.717) is 21.5 Å². The predicted octanol–water partition coefficient (Wildman–Crippen LogP) is 5.08. The highest BCUT2D eigenvalue weighted by molar-refractivity contribution is 9.10. The molecule has 0 aliphatic rings. The van der Waals surface area contributed by atoms with E-state index < -0.39 is 16.7 Å². The number of hydrogen-bond acceptors (Lipinski definition) is 5. The predicted molar refractivity (Wildman–Crippen MR) is 129 cm³/mol. The second-order valence-corrected chi connectivity index (χ2v) is 7.88. The van der Waals surface area contributed by atoms with Gasteiger partial charge in [0.05, 0.1) is 17.6 Å². The molecule has 0 bridgehead atoms. The summed E-state index contributed by atoms with van der Waals surface area (Å²) in [6.45, 7) is 1.92. The van der Waals surface area contributed by atoms with Crippen LogP contribution in [0.4, 0.5) is 11.4 Å². The van der Waals surface area contributed by atoms with E-state index in [-0.39, 0.29) is 16.9 Å². The number of nitrogens with one attached hydrogen (secondary N) is 2. The van der Waals surface area contributed by atoms with Gasteiger partial charge in [-0.15, -0.1) is 0 Å². The summed E-state index contributed by atoms with van der Waals surface area (Å²) in [4.78, 5) is 36.6. The van der Waals surface area contributed by atoms with E-state index in [1.807, 2.05) is 19.1 Å². The van der Waals surface area contributed by atoms with Gasteiger partial charge in [-0.2, -0.15) is 0 Å². The van der Waals surface area contributed by atoms with Crippen molar-refractivity contribution in [2.24, 2.45) is 0 Å². The molecule has 0 saturated heterocycles. The molecule has 3 aromatic rings. The standard InChI is InChI=1S/C24H20BrN3O5/c1-15-6-8-17(9-7-15)26-24(30)22(13-16-4-3-5-18(12-16)28(31)32)27-23(29)20-14-19(33-2)10-11-21(20)25/h3-14H,1-2H3,(H,26,30)(H,27,29). The fraction of sp³-hybridized carbons (Fsp3) is 0.0833. The third kappa shape index (κ3) is 6.27. The third-order valence-electron chi connectivity index (χ3n) is 4.61. The van der Waals surface area contributed by atoms with Gasteiger partial charge in [-0.1, -0.05) is 29.8 Å². The van der Waals surface area contributed by atoms with Crippen LogP contribution in [-0.2, 0) is 4.79 Å². The Morgan fingerprint density at radius 2 is 1.79 bits per heavy atom. The first kappa shape index (κ1) is 23.7. The molecule has 0 saturated carbocycles. The van der Waals surface area contributed by atoms with Crippen molar-refractivity contribution in [3.8, 4) is 5.75 Å². The molecule has 3 aromatic carbocycles. The number of methoxy groups -OCH3 is 1. The number of carbonyl (C=O) groups excluding carboxylic acids is 2. The van der Waals surface area contributed by atoms with Crippen LogP contribution in [0.3, 0.4) is 0 Å². The van der Waals surface area contributed by atoms with Crippen LogP contribution in [0.25, 0.3) is 6.08 Å². The molecular weight excluding hydrogens is 490 g/mol. The summed E-state index contributed by atoms with van der Waals surface area (Å²) < 4.78 is 5.68. The van der Waals surface area contributed by atoms with E-state index in [1.165, 1.54) is 37.5 Å². The van der Waals surface area contributed by atoms with Crippen LogP contribution in [0.2, 0.25) is 0 Å². The van der Waals surface area contributed by atoms with Gasteiger partial charge >= 0.3 is 0 Å². The second-order valence-electron chi connectivity index (χ2n) is 7.03. The molecule has 0 fully saturated rings. The SMILES string of the molecule is COc1ccc(Br)c(C(=O)NC(=Cc2cccc([N+](=O)[O-])c2)C(=O)Nc2ccc(C)cc2)c1. The molecule has 0 radical (unpaired) electrons. The number of halogens is 1. The Balaban J connectivity index is 1.96. The van der Waals surface area contributed by atoms with Crippen molar-refractivity contribution in [2.45, 2.75) is 6.92 Å². The van der Waals surface area contributed by atoms with E-state index in [9.17, 15) is 19.7 Å². The topological polar surface area (TPSA) is 111 Å². The van der Waals surface area contributed by atoms with E-state index in [0.717, 1.165) is 5.56 Å². The maximum Gasteiger partial charge on any atom is 0.272 e. The highest BCUT2D eigenvalue weighted by Gasteiger charge is 2.18. The molecule has 2 N–H and O–H groups in total. The number of amides is 2. The highest BCUT2D eigenvalue weighted by Crippen LogP contribution is 2.23. The van der Waals surface area contributed by atoms with E-state index in [1.54, 1.807) is 30.3 Å².